The van der Waals surface area contributed by atoms with Crippen molar-refractivity contribution in [2.75, 3.05) is 6.61 Å². The van der Waals surface area contributed by atoms with Crippen LogP contribution in [-0.2, 0) is 6.54 Å². The Morgan fingerprint density at radius 3 is 2.54 bits per heavy atom. The molecule has 1 aromatic heterocycles. The van der Waals surface area contributed by atoms with Crippen LogP contribution in [0.15, 0.2) is 48.5 Å². The molecule has 0 fully saturated rings. The SMILES string of the molecule is Cc1ccccc1OC[C@@H](O)Cn1c(C(C)C)nc2ccccc21. The minimum Gasteiger partial charge on any atom is -0.491 e. The quantitative estimate of drug-likeness (QED) is 0.748. The van der Waals surface area contributed by atoms with Gasteiger partial charge in [-0.2, -0.15) is 0 Å². The molecule has 1 N–H and O–H groups in total. The van der Waals surface area contributed by atoms with E-state index in [0.717, 1.165) is 28.2 Å². The molecule has 0 saturated heterocycles. The standard InChI is InChI=1S/C20H24N2O2/c1-14(2)20-21-17-9-5-6-10-18(17)22(20)12-16(23)13-24-19-11-7-4-8-15(19)3/h4-11,14,16,23H,12-13H2,1-3H3/t16-/m0/s1. The molecule has 4 nitrogen and oxygen atoms in total. The van der Waals surface area contributed by atoms with Crippen LogP contribution in [0.25, 0.3) is 11.0 Å². The second kappa shape index (κ2) is 7.05. The van der Waals surface area contributed by atoms with Crippen molar-refractivity contribution in [3.8, 4) is 5.75 Å². The highest BCUT2D eigenvalue weighted by molar-refractivity contribution is 5.76. The van der Waals surface area contributed by atoms with Gasteiger partial charge in [0.1, 0.15) is 24.3 Å². The Hall–Kier alpha value is -2.33. The van der Waals surface area contributed by atoms with Crippen molar-refractivity contribution in [3.63, 3.8) is 0 Å². The van der Waals surface area contributed by atoms with Crippen LogP contribution in [0.4, 0.5) is 0 Å². The van der Waals surface area contributed by atoms with Crippen molar-refractivity contribution < 1.29 is 9.84 Å². The second-order valence-electron chi connectivity index (χ2n) is 6.45. The predicted octanol–water partition coefficient (Wildman–Crippen LogP) is 3.91. The Balaban J connectivity index is 1.76. The Labute approximate surface area is 142 Å². The Morgan fingerprint density at radius 2 is 1.79 bits per heavy atom. The number of rotatable bonds is 6. The number of aliphatic hydroxyl groups excluding tert-OH is 1. The molecular weight excluding hydrogens is 300 g/mol. The van der Waals surface area contributed by atoms with Gasteiger partial charge in [0.05, 0.1) is 17.6 Å². The highest BCUT2D eigenvalue weighted by atomic mass is 16.5. The molecule has 0 amide bonds. The first-order valence-corrected chi connectivity index (χ1v) is 8.38. The van der Waals surface area contributed by atoms with Crippen LogP contribution >= 0.6 is 0 Å². The average molecular weight is 324 g/mol. The Morgan fingerprint density at radius 1 is 1.08 bits per heavy atom. The molecule has 1 heterocycles. The van der Waals surface area contributed by atoms with Crippen LogP contribution in [0.1, 0.15) is 31.2 Å². The van der Waals surface area contributed by atoms with Crippen molar-refractivity contribution in [2.24, 2.45) is 0 Å². The number of para-hydroxylation sites is 3. The van der Waals surface area contributed by atoms with Gasteiger partial charge < -0.3 is 14.4 Å². The molecule has 3 aromatic rings. The summed E-state index contributed by atoms with van der Waals surface area (Å²) in [5, 5.41) is 10.5. The number of ether oxygens (including phenoxy) is 1. The van der Waals surface area contributed by atoms with Crippen molar-refractivity contribution in [1.29, 1.82) is 0 Å². The maximum Gasteiger partial charge on any atom is 0.122 e. The van der Waals surface area contributed by atoms with Crippen LogP contribution in [0.5, 0.6) is 5.75 Å². The summed E-state index contributed by atoms with van der Waals surface area (Å²) in [5.41, 5.74) is 3.09. The maximum atomic E-state index is 10.5. The smallest absolute Gasteiger partial charge is 0.122 e. The predicted molar refractivity (Wildman–Crippen MR) is 96.5 cm³/mol. The summed E-state index contributed by atoms with van der Waals surface area (Å²) in [7, 11) is 0. The van der Waals surface area contributed by atoms with Crippen LogP contribution in [0, 0.1) is 6.92 Å². The van der Waals surface area contributed by atoms with Gasteiger partial charge >= 0.3 is 0 Å². The summed E-state index contributed by atoms with van der Waals surface area (Å²) in [4.78, 5) is 4.71. The monoisotopic (exact) mass is 324 g/mol. The number of fused-ring (bicyclic) bond motifs is 1. The first kappa shape index (κ1) is 16.5. The van der Waals surface area contributed by atoms with Gasteiger partial charge in [0.15, 0.2) is 0 Å². The molecule has 4 heteroatoms. The molecule has 1 atom stereocenters. The maximum absolute atomic E-state index is 10.5. The summed E-state index contributed by atoms with van der Waals surface area (Å²) >= 11 is 0. The molecule has 126 valence electrons. The minimum absolute atomic E-state index is 0.259. The molecule has 3 rings (SSSR count). The third-order valence-electron chi connectivity index (χ3n) is 4.12. The third kappa shape index (κ3) is 3.44. The van der Waals surface area contributed by atoms with E-state index in [1.165, 1.54) is 0 Å². The van der Waals surface area contributed by atoms with Crippen LogP contribution in [0.3, 0.4) is 0 Å². The average Bonchev–Trinajstić information content (AvgIpc) is 2.93. The van der Waals surface area contributed by atoms with Gasteiger partial charge in [0, 0.05) is 5.92 Å². The molecule has 0 aliphatic heterocycles. The number of hydrogen-bond acceptors (Lipinski definition) is 3. The largest absolute Gasteiger partial charge is 0.491 e. The summed E-state index contributed by atoms with van der Waals surface area (Å²) in [6.07, 6.45) is -0.597. The Kier molecular flexibility index (Phi) is 4.86. The number of aryl methyl sites for hydroxylation is 1. The minimum atomic E-state index is -0.597. The number of aromatic nitrogens is 2. The second-order valence-corrected chi connectivity index (χ2v) is 6.45. The van der Waals surface area contributed by atoms with Gasteiger partial charge in [-0.15, -0.1) is 0 Å². The molecule has 2 aromatic carbocycles. The van der Waals surface area contributed by atoms with Crippen molar-refractivity contribution in [2.45, 2.75) is 39.3 Å². The van der Waals surface area contributed by atoms with E-state index in [0.29, 0.717) is 12.5 Å². The van der Waals surface area contributed by atoms with Gasteiger partial charge in [-0.25, -0.2) is 4.98 Å². The van der Waals surface area contributed by atoms with Crippen molar-refractivity contribution >= 4 is 11.0 Å². The molecule has 0 spiro atoms. The van der Waals surface area contributed by atoms with Crippen LogP contribution in [-0.4, -0.2) is 27.4 Å². The van der Waals surface area contributed by atoms with Crippen molar-refractivity contribution in [1.82, 2.24) is 9.55 Å². The third-order valence-corrected chi connectivity index (χ3v) is 4.12. The van der Waals surface area contributed by atoms with E-state index in [4.69, 9.17) is 9.72 Å². The molecular formula is C20H24N2O2. The number of imidazole rings is 1. The van der Waals surface area contributed by atoms with E-state index in [1.54, 1.807) is 0 Å². The van der Waals surface area contributed by atoms with E-state index in [-0.39, 0.29) is 6.61 Å². The van der Waals surface area contributed by atoms with E-state index in [9.17, 15) is 5.11 Å². The number of nitrogens with zero attached hydrogens (tertiary/aromatic N) is 2. The molecule has 0 saturated carbocycles. The van der Waals surface area contributed by atoms with Gasteiger partial charge in [-0.3, -0.25) is 0 Å². The van der Waals surface area contributed by atoms with E-state index in [1.807, 2.05) is 55.5 Å². The van der Waals surface area contributed by atoms with Crippen LogP contribution < -0.4 is 4.74 Å². The number of hydrogen-bond donors (Lipinski definition) is 1. The summed E-state index contributed by atoms with van der Waals surface area (Å²) in [6.45, 7) is 6.97. The lowest BCUT2D eigenvalue weighted by Gasteiger charge is -2.17. The molecule has 0 unspecified atom stereocenters. The first-order chi connectivity index (χ1) is 11.6. The lowest BCUT2D eigenvalue weighted by atomic mass is 10.2. The normalized spacial score (nSPS) is 12.7. The van der Waals surface area contributed by atoms with Crippen LogP contribution in [0.2, 0.25) is 0 Å². The summed E-state index contributed by atoms with van der Waals surface area (Å²) in [6, 6.07) is 15.9. The zero-order chi connectivity index (χ0) is 17.1. The fourth-order valence-electron chi connectivity index (χ4n) is 2.89. The zero-order valence-corrected chi connectivity index (χ0v) is 14.4. The highest BCUT2D eigenvalue weighted by Gasteiger charge is 2.16. The first-order valence-electron chi connectivity index (χ1n) is 8.38. The van der Waals surface area contributed by atoms with Gasteiger partial charge in [-0.05, 0) is 30.7 Å². The molecule has 24 heavy (non-hydrogen) atoms. The lowest BCUT2D eigenvalue weighted by Crippen LogP contribution is -2.25. The molecule has 0 aliphatic rings. The topological polar surface area (TPSA) is 47.3 Å². The zero-order valence-electron chi connectivity index (χ0n) is 14.4. The highest BCUT2D eigenvalue weighted by Crippen LogP contribution is 2.22. The lowest BCUT2D eigenvalue weighted by molar-refractivity contribution is 0.0922. The van der Waals surface area contributed by atoms with Crippen molar-refractivity contribution in [3.05, 3.63) is 59.9 Å². The van der Waals surface area contributed by atoms with Gasteiger partial charge in [-0.1, -0.05) is 44.2 Å². The van der Waals surface area contributed by atoms with Gasteiger partial charge in [0.2, 0.25) is 0 Å². The van der Waals surface area contributed by atoms with E-state index in [2.05, 4.69) is 18.4 Å². The summed E-state index contributed by atoms with van der Waals surface area (Å²) in [5.74, 6) is 2.10. The van der Waals surface area contributed by atoms with Gasteiger partial charge in [0.25, 0.3) is 0 Å². The summed E-state index contributed by atoms with van der Waals surface area (Å²) < 4.78 is 7.88. The number of benzene rings is 2. The number of aliphatic hydroxyl groups is 1. The molecule has 0 radical (unpaired) electrons. The Bertz CT molecular complexity index is 823. The molecule has 0 aliphatic carbocycles. The fourth-order valence-corrected chi connectivity index (χ4v) is 2.89. The molecule has 0 bridgehead atoms. The fraction of sp³-hybridized carbons (Fsp3) is 0.350. The van der Waals surface area contributed by atoms with E-state index >= 15 is 0 Å². The van der Waals surface area contributed by atoms with E-state index < -0.39 is 6.10 Å².